The van der Waals surface area contributed by atoms with Crippen LogP contribution < -0.4 is 16.4 Å². The van der Waals surface area contributed by atoms with E-state index < -0.39 is 5.54 Å². The monoisotopic (exact) mass is 336 g/mol. The number of nitrogens with one attached hydrogen (secondary N) is 2. The second kappa shape index (κ2) is 7.09. The predicted octanol–water partition coefficient (Wildman–Crippen LogP) is 0.875. The third kappa shape index (κ3) is 3.27. The molecule has 3 aliphatic rings. The van der Waals surface area contributed by atoms with Crippen molar-refractivity contribution in [1.29, 1.82) is 0 Å². The minimum Gasteiger partial charge on any atom is -0.353 e. The third-order valence-corrected chi connectivity index (χ3v) is 5.82. The summed E-state index contributed by atoms with van der Waals surface area (Å²) in [6, 6.07) is -0.229. The molecular weight excluding hydrogens is 308 g/mol. The fraction of sp³-hybridized carbons (Fsp3) is 0.824. The number of rotatable bonds is 5. The number of carbonyl (C=O) groups is 3. The first kappa shape index (κ1) is 17.2. The number of hydrogen-bond donors (Lipinski definition) is 3. The lowest BCUT2D eigenvalue weighted by Gasteiger charge is -2.31. The summed E-state index contributed by atoms with van der Waals surface area (Å²) >= 11 is 0. The predicted molar refractivity (Wildman–Crippen MR) is 89.0 cm³/mol. The summed E-state index contributed by atoms with van der Waals surface area (Å²) in [6.07, 6.45) is 7.78. The number of carbonyl (C=O) groups excluding carboxylic acids is 3. The van der Waals surface area contributed by atoms with Gasteiger partial charge in [-0.1, -0.05) is 25.7 Å². The first-order valence-electron chi connectivity index (χ1n) is 9.19. The average molecular weight is 336 g/mol. The average Bonchev–Trinajstić information content (AvgIpc) is 3.13. The summed E-state index contributed by atoms with van der Waals surface area (Å²) in [5, 5.41) is 5.89. The lowest BCUT2D eigenvalue weighted by atomic mass is 9.84. The van der Waals surface area contributed by atoms with Gasteiger partial charge in [-0.15, -0.1) is 0 Å². The van der Waals surface area contributed by atoms with Gasteiger partial charge in [0.05, 0.1) is 0 Å². The third-order valence-electron chi connectivity index (χ3n) is 5.82. The Kier molecular flexibility index (Phi) is 5.08. The molecule has 0 aromatic rings. The van der Waals surface area contributed by atoms with E-state index in [-0.39, 0.29) is 36.9 Å². The van der Waals surface area contributed by atoms with E-state index in [2.05, 4.69) is 10.6 Å². The smallest absolute Gasteiger partial charge is 0.325 e. The van der Waals surface area contributed by atoms with Crippen molar-refractivity contribution in [2.75, 3.05) is 13.1 Å². The highest BCUT2D eigenvalue weighted by atomic mass is 16.2. The van der Waals surface area contributed by atoms with Gasteiger partial charge in [0.15, 0.2) is 0 Å². The van der Waals surface area contributed by atoms with Crippen molar-refractivity contribution in [2.24, 2.45) is 11.7 Å². The Morgan fingerprint density at radius 3 is 2.62 bits per heavy atom. The summed E-state index contributed by atoms with van der Waals surface area (Å²) in [6.45, 7) is 0.735. The van der Waals surface area contributed by atoms with Crippen LogP contribution in [0.3, 0.4) is 0 Å². The highest BCUT2D eigenvalue weighted by Gasteiger charge is 2.52. The van der Waals surface area contributed by atoms with Crippen LogP contribution >= 0.6 is 0 Å². The molecule has 1 saturated heterocycles. The minimum absolute atomic E-state index is 0.103. The van der Waals surface area contributed by atoms with Crippen LogP contribution in [0.5, 0.6) is 0 Å². The molecule has 3 fully saturated rings. The minimum atomic E-state index is -0.693. The largest absolute Gasteiger partial charge is 0.353 e. The van der Waals surface area contributed by atoms with Crippen LogP contribution in [0, 0.1) is 5.92 Å². The van der Waals surface area contributed by atoms with Gasteiger partial charge in [-0.05, 0) is 38.1 Å². The second-order valence-electron chi connectivity index (χ2n) is 7.38. The fourth-order valence-corrected chi connectivity index (χ4v) is 4.37. The van der Waals surface area contributed by atoms with Crippen LogP contribution in [0.2, 0.25) is 0 Å². The maximum Gasteiger partial charge on any atom is 0.325 e. The molecule has 2 unspecified atom stereocenters. The zero-order chi connectivity index (χ0) is 17.2. The van der Waals surface area contributed by atoms with Crippen molar-refractivity contribution in [2.45, 2.75) is 69.4 Å². The molecule has 2 saturated carbocycles. The lowest BCUT2D eigenvalue weighted by Crippen LogP contribution is -2.46. The molecule has 0 aromatic carbocycles. The maximum atomic E-state index is 12.5. The van der Waals surface area contributed by atoms with Crippen molar-refractivity contribution >= 4 is 17.8 Å². The molecule has 0 bridgehead atoms. The van der Waals surface area contributed by atoms with Gasteiger partial charge in [0.1, 0.15) is 5.54 Å². The molecule has 134 valence electrons. The van der Waals surface area contributed by atoms with Gasteiger partial charge >= 0.3 is 6.03 Å². The molecule has 1 heterocycles. The molecule has 2 aliphatic carbocycles. The van der Waals surface area contributed by atoms with Gasteiger partial charge in [-0.3, -0.25) is 14.5 Å². The number of nitrogens with zero attached hydrogens (tertiary/aromatic N) is 1. The van der Waals surface area contributed by atoms with Gasteiger partial charge in [0, 0.05) is 19.0 Å². The van der Waals surface area contributed by atoms with Crippen LogP contribution in [0.15, 0.2) is 0 Å². The summed E-state index contributed by atoms with van der Waals surface area (Å²) in [4.78, 5) is 38.1. The first-order chi connectivity index (χ1) is 11.6. The second-order valence-corrected chi connectivity index (χ2v) is 7.38. The number of imide groups is 1. The topological polar surface area (TPSA) is 105 Å². The number of amides is 4. The van der Waals surface area contributed by atoms with Crippen molar-refractivity contribution in [3.05, 3.63) is 0 Å². The van der Waals surface area contributed by atoms with E-state index >= 15 is 0 Å². The van der Waals surface area contributed by atoms with Gasteiger partial charge in [-0.2, -0.15) is 0 Å². The van der Waals surface area contributed by atoms with E-state index in [0.717, 1.165) is 32.1 Å². The molecule has 4 amide bonds. The molecule has 0 radical (unpaired) electrons. The Labute approximate surface area is 142 Å². The van der Waals surface area contributed by atoms with E-state index in [4.69, 9.17) is 5.73 Å². The van der Waals surface area contributed by atoms with E-state index in [1.807, 2.05) is 0 Å². The highest BCUT2D eigenvalue weighted by molar-refractivity contribution is 6.07. The SMILES string of the molecule is NCC1CCCCC1NC(=O)CCN1C(=O)NC2(CCCC2)C1=O. The summed E-state index contributed by atoms with van der Waals surface area (Å²) in [7, 11) is 0. The van der Waals surface area contributed by atoms with Crippen molar-refractivity contribution in [3.8, 4) is 0 Å². The molecule has 1 aliphatic heterocycles. The highest BCUT2D eigenvalue weighted by Crippen LogP contribution is 2.35. The van der Waals surface area contributed by atoms with Gasteiger partial charge in [0.25, 0.3) is 5.91 Å². The molecule has 24 heavy (non-hydrogen) atoms. The van der Waals surface area contributed by atoms with E-state index in [9.17, 15) is 14.4 Å². The standard InChI is InChI=1S/C17H28N4O3/c18-11-12-5-1-2-6-13(12)19-14(22)7-10-21-15(23)17(20-16(21)24)8-3-4-9-17/h12-13H,1-11,18H2,(H,19,22)(H,20,24). The molecule has 2 atom stereocenters. The fourth-order valence-electron chi connectivity index (χ4n) is 4.37. The van der Waals surface area contributed by atoms with Crippen molar-refractivity contribution in [1.82, 2.24) is 15.5 Å². The van der Waals surface area contributed by atoms with Crippen LogP contribution in [0.25, 0.3) is 0 Å². The van der Waals surface area contributed by atoms with E-state index in [0.29, 0.717) is 25.3 Å². The Morgan fingerprint density at radius 1 is 1.21 bits per heavy atom. The van der Waals surface area contributed by atoms with Crippen LogP contribution in [-0.2, 0) is 9.59 Å². The Balaban J connectivity index is 1.51. The molecule has 4 N–H and O–H groups in total. The molecule has 7 nitrogen and oxygen atoms in total. The van der Waals surface area contributed by atoms with Crippen molar-refractivity contribution < 1.29 is 14.4 Å². The zero-order valence-corrected chi connectivity index (χ0v) is 14.2. The molecule has 7 heteroatoms. The number of urea groups is 1. The Hall–Kier alpha value is -1.63. The maximum absolute atomic E-state index is 12.5. The molecular formula is C17H28N4O3. The zero-order valence-electron chi connectivity index (χ0n) is 14.2. The molecule has 0 aromatic heterocycles. The Bertz CT molecular complexity index is 516. The summed E-state index contributed by atoms with van der Waals surface area (Å²) in [5.74, 6) is 0.0739. The van der Waals surface area contributed by atoms with Crippen LogP contribution in [0.4, 0.5) is 4.79 Å². The lowest BCUT2D eigenvalue weighted by molar-refractivity contribution is -0.131. The Morgan fingerprint density at radius 2 is 1.92 bits per heavy atom. The van der Waals surface area contributed by atoms with E-state index in [1.165, 1.54) is 11.3 Å². The first-order valence-corrected chi connectivity index (χ1v) is 9.19. The van der Waals surface area contributed by atoms with Gasteiger partial charge < -0.3 is 16.4 Å². The van der Waals surface area contributed by atoms with Gasteiger partial charge in [0.2, 0.25) is 5.91 Å². The summed E-state index contributed by atoms with van der Waals surface area (Å²) in [5.41, 5.74) is 5.10. The number of hydrogen-bond acceptors (Lipinski definition) is 4. The summed E-state index contributed by atoms with van der Waals surface area (Å²) < 4.78 is 0. The molecule has 3 rings (SSSR count). The van der Waals surface area contributed by atoms with E-state index in [1.54, 1.807) is 0 Å². The normalized spacial score (nSPS) is 29.1. The molecule has 1 spiro atoms. The van der Waals surface area contributed by atoms with Crippen LogP contribution in [-0.4, -0.2) is 47.4 Å². The van der Waals surface area contributed by atoms with Gasteiger partial charge in [-0.25, -0.2) is 4.79 Å². The van der Waals surface area contributed by atoms with Crippen LogP contribution in [0.1, 0.15) is 57.8 Å². The number of nitrogens with two attached hydrogens (primary N) is 1. The van der Waals surface area contributed by atoms with Crippen molar-refractivity contribution in [3.63, 3.8) is 0 Å². The quantitative estimate of drug-likeness (QED) is 0.648.